The number of carbonyl (C=O) groups excluding carboxylic acids is 2. The number of terminal acetylenes is 1. The zero-order valence-corrected chi connectivity index (χ0v) is 17.1. The lowest BCUT2D eigenvalue weighted by Crippen LogP contribution is -2.21. The van der Waals surface area contributed by atoms with E-state index in [9.17, 15) is 23.2 Å². The van der Waals surface area contributed by atoms with Crippen molar-refractivity contribution in [3.8, 4) is 12.8 Å². The van der Waals surface area contributed by atoms with E-state index >= 15 is 0 Å². The van der Waals surface area contributed by atoms with Gasteiger partial charge < -0.3 is 14.6 Å². The number of alkyl halides is 2. The second kappa shape index (κ2) is 16.5. The molecule has 1 N–H and O–H groups in total. The van der Waals surface area contributed by atoms with Gasteiger partial charge >= 0.3 is 23.8 Å². The van der Waals surface area contributed by atoms with Crippen LogP contribution >= 0.6 is 0 Å². The molecule has 164 valence electrons. The number of carbonyl (C=O) groups is 3. The van der Waals surface area contributed by atoms with Gasteiger partial charge in [0.2, 0.25) is 0 Å². The predicted octanol–water partition coefficient (Wildman–Crippen LogP) is 4.27. The van der Waals surface area contributed by atoms with Crippen molar-refractivity contribution in [2.45, 2.75) is 39.2 Å². The zero-order valence-electron chi connectivity index (χ0n) is 17.1. The highest BCUT2D eigenvalue weighted by Gasteiger charge is 2.51. The van der Waals surface area contributed by atoms with Crippen LogP contribution in [0.3, 0.4) is 0 Å². The number of ether oxygens (including phenoxy) is 2. The molecule has 30 heavy (non-hydrogen) atoms. The van der Waals surface area contributed by atoms with Crippen molar-refractivity contribution in [2.75, 3.05) is 6.61 Å². The van der Waals surface area contributed by atoms with Crippen LogP contribution in [-0.2, 0) is 19.1 Å². The summed E-state index contributed by atoms with van der Waals surface area (Å²) >= 11 is 0. The molecular weight excluding hydrogens is 398 g/mol. The van der Waals surface area contributed by atoms with E-state index in [0.717, 1.165) is 6.08 Å². The Bertz CT molecular complexity index is 720. The minimum absolute atomic E-state index is 0.331. The van der Waals surface area contributed by atoms with E-state index in [1.807, 2.05) is 26.0 Å². The Balaban J connectivity index is 0. The molecule has 0 aromatic heterocycles. The predicted molar refractivity (Wildman–Crippen MR) is 109 cm³/mol. The summed E-state index contributed by atoms with van der Waals surface area (Å²) in [6.07, 6.45) is 12.8. The Kier molecular flexibility index (Phi) is 15.8. The Morgan fingerprint density at radius 2 is 1.70 bits per heavy atom. The first-order chi connectivity index (χ1) is 14.2. The van der Waals surface area contributed by atoms with Crippen LogP contribution in [0.5, 0.6) is 0 Å². The van der Waals surface area contributed by atoms with Gasteiger partial charge in [0.15, 0.2) is 0 Å². The molecule has 6 nitrogen and oxygen atoms in total. The van der Waals surface area contributed by atoms with Crippen LogP contribution in [0.4, 0.5) is 8.78 Å². The van der Waals surface area contributed by atoms with Crippen molar-refractivity contribution in [1.82, 2.24) is 0 Å². The maximum atomic E-state index is 12.6. The highest BCUT2D eigenvalue weighted by Crippen LogP contribution is 2.30. The smallest absolute Gasteiger partial charge is 0.377 e. The molecule has 0 bridgehead atoms. The summed E-state index contributed by atoms with van der Waals surface area (Å²) in [6, 6.07) is 8.30. The number of carboxylic acids is 1. The topological polar surface area (TPSA) is 89.9 Å². The molecule has 0 saturated carbocycles. The number of esters is 2. The Morgan fingerprint density at radius 1 is 1.17 bits per heavy atom. The summed E-state index contributed by atoms with van der Waals surface area (Å²) in [6.45, 7) is 5.27. The first kappa shape index (κ1) is 28.7. The standard InChI is InChI=1S/C9H10F2O4.C7H6O2.C4H8.C2H2/c1-2-3-7(12)14-5-6-4-9(10,11)8(13)15-6;8-7(9)6-4-2-1-3-5-6;1-3-4-2;1-2/h2-3,6H,4-5H2,1H3;1-5H,(H,8,9);3-4H,1-2H3;1-2H/b3-2+;;4-3-;. The maximum absolute atomic E-state index is 12.6. The molecule has 1 aromatic carbocycles. The number of rotatable bonds is 4. The van der Waals surface area contributed by atoms with E-state index in [-0.39, 0.29) is 6.61 Å². The third-order valence-corrected chi connectivity index (χ3v) is 3.12. The van der Waals surface area contributed by atoms with E-state index in [2.05, 4.69) is 22.3 Å². The lowest BCUT2D eigenvalue weighted by molar-refractivity contribution is -0.161. The third-order valence-electron chi connectivity index (χ3n) is 3.12. The van der Waals surface area contributed by atoms with Crippen molar-refractivity contribution in [3.05, 3.63) is 60.2 Å². The molecule has 0 amide bonds. The van der Waals surface area contributed by atoms with Crippen molar-refractivity contribution >= 4 is 17.9 Å². The summed E-state index contributed by atoms with van der Waals surface area (Å²) in [5.74, 6) is -6.55. The summed E-state index contributed by atoms with van der Waals surface area (Å²) < 4.78 is 34.1. The number of allylic oxidation sites excluding steroid dienone is 3. The normalized spacial score (nSPS) is 16.1. The van der Waals surface area contributed by atoms with Crippen LogP contribution in [0.2, 0.25) is 0 Å². The molecule has 1 aromatic rings. The molecular formula is C22H26F2O6. The molecule has 1 atom stereocenters. The van der Waals surface area contributed by atoms with Crippen molar-refractivity contribution < 1.29 is 37.7 Å². The Hall–Kier alpha value is -3.47. The molecule has 0 aliphatic carbocycles. The molecule has 2 rings (SSSR count). The highest BCUT2D eigenvalue weighted by atomic mass is 19.3. The molecule has 0 spiro atoms. The lowest BCUT2D eigenvalue weighted by Gasteiger charge is -2.07. The number of carboxylic acid groups (broad SMARTS) is 1. The van der Waals surface area contributed by atoms with Crippen molar-refractivity contribution in [2.24, 2.45) is 0 Å². The lowest BCUT2D eigenvalue weighted by atomic mass is 10.2. The van der Waals surface area contributed by atoms with Gasteiger partial charge in [0.25, 0.3) is 0 Å². The number of cyclic esters (lactones) is 1. The third kappa shape index (κ3) is 12.8. The molecule has 1 fully saturated rings. The van der Waals surface area contributed by atoms with Gasteiger partial charge in [0, 0.05) is 6.08 Å². The molecule has 1 aliphatic heterocycles. The van der Waals surface area contributed by atoms with Crippen LogP contribution < -0.4 is 0 Å². The van der Waals surface area contributed by atoms with Crippen LogP contribution in [0.15, 0.2) is 54.6 Å². The number of aromatic carboxylic acids is 1. The van der Waals surface area contributed by atoms with Crippen LogP contribution in [0, 0.1) is 12.8 Å². The van der Waals surface area contributed by atoms with Gasteiger partial charge in [-0.05, 0) is 32.9 Å². The van der Waals surface area contributed by atoms with Gasteiger partial charge in [0.1, 0.15) is 12.7 Å². The molecule has 1 aliphatic rings. The van der Waals surface area contributed by atoms with Gasteiger partial charge in [-0.25, -0.2) is 14.4 Å². The first-order valence-corrected chi connectivity index (χ1v) is 8.75. The van der Waals surface area contributed by atoms with Gasteiger partial charge in [-0.2, -0.15) is 8.78 Å². The average molecular weight is 424 g/mol. The van der Waals surface area contributed by atoms with E-state index in [0.29, 0.717) is 5.56 Å². The largest absolute Gasteiger partial charge is 0.478 e. The SMILES string of the molecule is C#C.C/C=C/C(=O)OCC1CC(F)(F)C(=O)O1.C/C=C\C.O=C(O)c1ccccc1. The van der Waals surface area contributed by atoms with Crippen LogP contribution in [0.1, 0.15) is 37.6 Å². The molecule has 1 unspecified atom stereocenters. The Labute approximate surface area is 175 Å². The number of halogens is 2. The fraction of sp³-hybridized carbons (Fsp3) is 0.318. The first-order valence-electron chi connectivity index (χ1n) is 8.75. The number of hydrogen-bond acceptors (Lipinski definition) is 5. The van der Waals surface area contributed by atoms with Crippen LogP contribution in [0.25, 0.3) is 0 Å². The summed E-state index contributed by atoms with van der Waals surface area (Å²) in [4.78, 5) is 31.6. The second-order valence-electron chi connectivity index (χ2n) is 5.40. The molecule has 1 saturated heterocycles. The minimum atomic E-state index is -3.46. The number of hydrogen-bond donors (Lipinski definition) is 1. The zero-order chi connectivity index (χ0) is 23.6. The highest BCUT2D eigenvalue weighted by molar-refractivity contribution is 5.87. The average Bonchev–Trinajstić information content (AvgIpc) is 3.01. The van der Waals surface area contributed by atoms with Gasteiger partial charge in [0.05, 0.1) is 12.0 Å². The quantitative estimate of drug-likeness (QED) is 0.336. The van der Waals surface area contributed by atoms with Gasteiger partial charge in [-0.15, -0.1) is 12.8 Å². The summed E-state index contributed by atoms with van der Waals surface area (Å²) in [5.41, 5.74) is 0.331. The fourth-order valence-corrected chi connectivity index (χ4v) is 1.68. The van der Waals surface area contributed by atoms with Crippen molar-refractivity contribution in [1.29, 1.82) is 0 Å². The second-order valence-corrected chi connectivity index (χ2v) is 5.40. The summed E-state index contributed by atoms with van der Waals surface area (Å²) in [7, 11) is 0. The monoisotopic (exact) mass is 424 g/mol. The maximum Gasteiger partial charge on any atom is 0.377 e. The van der Waals surface area contributed by atoms with Gasteiger partial charge in [-0.3, -0.25) is 0 Å². The number of benzene rings is 1. The van der Waals surface area contributed by atoms with E-state index < -0.39 is 36.4 Å². The van der Waals surface area contributed by atoms with E-state index in [1.165, 1.54) is 6.08 Å². The Morgan fingerprint density at radius 3 is 2.03 bits per heavy atom. The summed E-state index contributed by atoms with van der Waals surface area (Å²) in [5, 5.41) is 8.38. The minimum Gasteiger partial charge on any atom is -0.478 e. The van der Waals surface area contributed by atoms with Gasteiger partial charge in [-0.1, -0.05) is 36.4 Å². The van der Waals surface area contributed by atoms with Crippen LogP contribution in [-0.4, -0.2) is 41.6 Å². The molecule has 0 radical (unpaired) electrons. The van der Waals surface area contributed by atoms with E-state index in [4.69, 9.17) is 5.11 Å². The fourth-order valence-electron chi connectivity index (χ4n) is 1.68. The van der Waals surface area contributed by atoms with E-state index in [1.54, 1.807) is 37.3 Å². The molecule has 8 heteroatoms. The molecule has 1 heterocycles. The van der Waals surface area contributed by atoms with Crippen molar-refractivity contribution in [3.63, 3.8) is 0 Å².